The third-order valence-corrected chi connectivity index (χ3v) is 6.23. The standard InChI is InChI=1S/C25H31N3O2/c1-20-7-5-10-22(17-20)19-26-13-15-27(16-14-26)25(30)23-11-6-12-28(23)24(29)18-21-8-3-2-4-9-21/h2-5,7-10,17,23H,6,11-16,18-19H2,1H3. The molecule has 0 radical (unpaired) electrons. The summed E-state index contributed by atoms with van der Waals surface area (Å²) >= 11 is 0. The van der Waals surface area contributed by atoms with Crippen LogP contribution in [0.5, 0.6) is 0 Å². The first-order valence-electron chi connectivity index (χ1n) is 11.0. The number of carbonyl (C=O) groups is 2. The Morgan fingerprint density at radius 2 is 1.63 bits per heavy atom. The van der Waals surface area contributed by atoms with E-state index in [1.807, 2.05) is 40.1 Å². The van der Waals surface area contributed by atoms with Crippen molar-refractivity contribution in [2.24, 2.45) is 0 Å². The van der Waals surface area contributed by atoms with Crippen LogP contribution in [0.15, 0.2) is 54.6 Å². The van der Waals surface area contributed by atoms with E-state index in [9.17, 15) is 9.59 Å². The van der Waals surface area contributed by atoms with Crippen LogP contribution < -0.4 is 0 Å². The maximum atomic E-state index is 13.2. The van der Waals surface area contributed by atoms with Crippen molar-refractivity contribution in [3.8, 4) is 0 Å². The molecule has 2 heterocycles. The molecule has 1 atom stereocenters. The van der Waals surface area contributed by atoms with Gasteiger partial charge in [0.2, 0.25) is 11.8 Å². The Kier molecular flexibility index (Phi) is 6.48. The molecular weight excluding hydrogens is 374 g/mol. The van der Waals surface area contributed by atoms with Crippen molar-refractivity contribution < 1.29 is 9.59 Å². The quantitative estimate of drug-likeness (QED) is 0.768. The summed E-state index contributed by atoms with van der Waals surface area (Å²) in [5, 5.41) is 0. The van der Waals surface area contributed by atoms with Crippen molar-refractivity contribution >= 4 is 11.8 Å². The van der Waals surface area contributed by atoms with Crippen LogP contribution >= 0.6 is 0 Å². The molecule has 2 amide bonds. The van der Waals surface area contributed by atoms with Crippen molar-refractivity contribution in [2.45, 2.75) is 38.8 Å². The fraction of sp³-hybridized carbons (Fsp3) is 0.440. The number of benzene rings is 2. The predicted octanol–water partition coefficient (Wildman–Crippen LogP) is 2.87. The first kappa shape index (κ1) is 20.6. The Labute approximate surface area is 179 Å². The van der Waals surface area contributed by atoms with E-state index in [-0.39, 0.29) is 17.9 Å². The molecule has 0 saturated carbocycles. The monoisotopic (exact) mass is 405 g/mol. The second-order valence-electron chi connectivity index (χ2n) is 8.50. The maximum absolute atomic E-state index is 13.2. The Balaban J connectivity index is 1.31. The molecule has 1 unspecified atom stereocenters. The molecule has 0 N–H and O–H groups in total. The lowest BCUT2D eigenvalue weighted by Crippen LogP contribution is -2.54. The SMILES string of the molecule is Cc1cccc(CN2CCN(C(=O)C3CCCN3C(=O)Cc3ccccc3)CC2)c1. The van der Waals surface area contributed by atoms with Crippen LogP contribution in [-0.4, -0.2) is 65.3 Å². The minimum Gasteiger partial charge on any atom is -0.338 e. The fourth-order valence-corrected chi connectivity index (χ4v) is 4.60. The molecule has 0 aliphatic carbocycles. The molecule has 158 valence electrons. The van der Waals surface area contributed by atoms with Crippen molar-refractivity contribution in [1.82, 2.24) is 14.7 Å². The zero-order valence-electron chi connectivity index (χ0n) is 17.8. The average Bonchev–Trinajstić information content (AvgIpc) is 3.25. The molecular formula is C25H31N3O2. The molecule has 5 heteroatoms. The van der Waals surface area contributed by atoms with E-state index in [0.29, 0.717) is 13.0 Å². The van der Waals surface area contributed by atoms with Gasteiger partial charge >= 0.3 is 0 Å². The number of hydrogen-bond donors (Lipinski definition) is 0. The molecule has 0 bridgehead atoms. The van der Waals surface area contributed by atoms with Gasteiger partial charge in [-0.25, -0.2) is 0 Å². The van der Waals surface area contributed by atoms with Gasteiger partial charge in [-0.05, 0) is 30.9 Å². The largest absolute Gasteiger partial charge is 0.338 e. The number of carbonyl (C=O) groups excluding carboxylic acids is 2. The third-order valence-electron chi connectivity index (χ3n) is 6.23. The van der Waals surface area contributed by atoms with Crippen molar-refractivity contribution in [3.05, 3.63) is 71.3 Å². The molecule has 2 saturated heterocycles. The second-order valence-corrected chi connectivity index (χ2v) is 8.50. The van der Waals surface area contributed by atoms with E-state index in [1.165, 1.54) is 11.1 Å². The first-order valence-corrected chi connectivity index (χ1v) is 11.0. The zero-order valence-corrected chi connectivity index (χ0v) is 17.8. The van der Waals surface area contributed by atoms with Crippen LogP contribution in [0.4, 0.5) is 0 Å². The van der Waals surface area contributed by atoms with E-state index in [1.54, 1.807) is 0 Å². The minimum absolute atomic E-state index is 0.0649. The second kappa shape index (κ2) is 9.43. The van der Waals surface area contributed by atoms with Crippen LogP contribution in [0.1, 0.15) is 29.5 Å². The van der Waals surface area contributed by atoms with Crippen LogP contribution in [0, 0.1) is 6.92 Å². The normalized spacial score (nSPS) is 19.8. The van der Waals surface area contributed by atoms with E-state index < -0.39 is 0 Å². The van der Waals surface area contributed by atoms with Gasteiger partial charge in [0.1, 0.15) is 6.04 Å². The third kappa shape index (κ3) is 4.90. The lowest BCUT2D eigenvalue weighted by Gasteiger charge is -2.37. The fourth-order valence-electron chi connectivity index (χ4n) is 4.60. The number of hydrogen-bond acceptors (Lipinski definition) is 3. The molecule has 2 aromatic carbocycles. The van der Waals surface area contributed by atoms with Gasteiger partial charge in [0.05, 0.1) is 6.42 Å². The number of likely N-dealkylation sites (tertiary alicyclic amines) is 1. The minimum atomic E-state index is -0.287. The van der Waals surface area contributed by atoms with Crippen molar-refractivity contribution in [3.63, 3.8) is 0 Å². The molecule has 2 aliphatic heterocycles. The Hall–Kier alpha value is -2.66. The van der Waals surface area contributed by atoms with Gasteiger partial charge in [-0.15, -0.1) is 0 Å². The highest BCUT2D eigenvalue weighted by Gasteiger charge is 2.37. The molecule has 5 nitrogen and oxygen atoms in total. The van der Waals surface area contributed by atoms with Gasteiger partial charge < -0.3 is 9.80 Å². The highest BCUT2D eigenvalue weighted by atomic mass is 16.2. The number of piperazine rings is 1. The first-order chi connectivity index (χ1) is 14.6. The van der Waals surface area contributed by atoms with Crippen LogP contribution in [0.3, 0.4) is 0 Å². The van der Waals surface area contributed by atoms with Gasteiger partial charge in [0, 0.05) is 39.3 Å². The summed E-state index contributed by atoms with van der Waals surface area (Å²) in [7, 11) is 0. The molecule has 4 rings (SSSR count). The maximum Gasteiger partial charge on any atom is 0.245 e. The van der Waals surface area contributed by atoms with E-state index in [0.717, 1.165) is 51.1 Å². The van der Waals surface area contributed by atoms with E-state index in [2.05, 4.69) is 36.1 Å². The Bertz CT molecular complexity index is 875. The van der Waals surface area contributed by atoms with Gasteiger partial charge in [-0.3, -0.25) is 14.5 Å². The van der Waals surface area contributed by atoms with Gasteiger partial charge in [0.15, 0.2) is 0 Å². The smallest absolute Gasteiger partial charge is 0.245 e. The lowest BCUT2D eigenvalue weighted by molar-refractivity contribution is -0.144. The molecule has 0 spiro atoms. The average molecular weight is 406 g/mol. The highest BCUT2D eigenvalue weighted by molar-refractivity contribution is 5.89. The Morgan fingerprint density at radius 1 is 0.900 bits per heavy atom. The van der Waals surface area contributed by atoms with E-state index >= 15 is 0 Å². The summed E-state index contributed by atoms with van der Waals surface area (Å²) in [6.45, 7) is 6.97. The molecule has 0 aromatic heterocycles. The number of rotatable bonds is 5. The summed E-state index contributed by atoms with van der Waals surface area (Å²) in [5.41, 5.74) is 3.61. The summed E-state index contributed by atoms with van der Waals surface area (Å²) < 4.78 is 0. The summed E-state index contributed by atoms with van der Waals surface area (Å²) in [6.07, 6.45) is 2.06. The summed E-state index contributed by atoms with van der Waals surface area (Å²) in [4.78, 5) is 32.2. The molecule has 2 fully saturated rings. The zero-order chi connectivity index (χ0) is 20.9. The molecule has 2 aromatic rings. The number of aryl methyl sites for hydroxylation is 1. The summed E-state index contributed by atoms with van der Waals surface area (Å²) in [6, 6.07) is 18.1. The lowest BCUT2D eigenvalue weighted by atomic mass is 10.1. The molecule has 30 heavy (non-hydrogen) atoms. The number of amides is 2. The van der Waals surface area contributed by atoms with Crippen LogP contribution in [0.2, 0.25) is 0 Å². The van der Waals surface area contributed by atoms with Crippen LogP contribution in [0.25, 0.3) is 0 Å². The van der Waals surface area contributed by atoms with Crippen molar-refractivity contribution in [2.75, 3.05) is 32.7 Å². The van der Waals surface area contributed by atoms with Crippen molar-refractivity contribution in [1.29, 1.82) is 0 Å². The van der Waals surface area contributed by atoms with Gasteiger partial charge in [-0.1, -0.05) is 60.2 Å². The van der Waals surface area contributed by atoms with Crippen LogP contribution in [-0.2, 0) is 22.6 Å². The van der Waals surface area contributed by atoms with Gasteiger partial charge in [-0.2, -0.15) is 0 Å². The topological polar surface area (TPSA) is 43.9 Å². The van der Waals surface area contributed by atoms with E-state index in [4.69, 9.17) is 0 Å². The van der Waals surface area contributed by atoms with Gasteiger partial charge in [0.25, 0.3) is 0 Å². The number of nitrogens with zero attached hydrogens (tertiary/aromatic N) is 3. The Morgan fingerprint density at radius 3 is 2.37 bits per heavy atom. The highest BCUT2D eigenvalue weighted by Crippen LogP contribution is 2.22. The summed E-state index contributed by atoms with van der Waals surface area (Å²) in [5.74, 6) is 0.194. The molecule has 2 aliphatic rings. The predicted molar refractivity (Wildman–Crippen MR) is 118 cm³/mol.